The van der Waals surface area contributed by atoms with E-state index in [1.165, 1.54) is 0 Å². The Balaban J connectivity index is 2.18. The number of allylic oxidation sites excluding steroid dienone is 2. The van der Waals surface area contributed by atoms with E-state index < -0.39 is 0 Å². The molecule has 0 fully saturated rings. The smallest absolute Gasteiger partial charge is 0.186 e. The Morgan fingerprint density at radius 3 is 2.38 bits per heavy atom. The van der Waals surface area contributed by atoms with Gasteiger partial charge in [-0.3, -0.25) is 4.79 Å². The third-order valence-corrected chi connectivity index (χ3v) is 2.47. The largest absolute Gasteiger partial charge is 0.510 e. The van der Waals surface area contributed by atoms with Crippen LogP contribution in [0, 0.1) is 0 Å². The summed E-state index contributed by atoms with van der Waals surface area (Å²) in [6.07, 6.45) is 0.661. The van der Waals surface area contributed by atoms with Crippen LogP contribution in [0.4, 0.5) is 5.69 Å². The first-order valence-electron chi connectivity index (χ1n) is 4.79. The van der Waals surface area contributed by atoms with Crippen LogP contribution in [-0.2, 0) is 4.79 Å². The highest BCUT2D eigenvalue weighted by Crippen LogP contribution is 2.24. The number of rotatable bonds is 2. The van der Waals surface area contributed by atoms with Gasteiger partial charge in [0.05, 0.1) is 5.69 Å². The highest BCUT2D eigenvalue weighted by atomic mass is 35.5. The molecule has 0 saturated heterocycles. The van der Waals surface area contributed by atoms with Gasteiger partial charge < -0.3 is 5.11 Å². The molecular formula is C11H9ClN2O2. The van der Waals surface area contributed by atoms with Crippen LogP contribution in [0.25, 0.3) is 0 Å². The van der Waals surface area contributed by atoms with Crippen molar-refractivity contribution in [2.45, 2.75) is 12.8 Å². The summed E-state index contributed by atoms with van der Waals surface area (Å²) in [5.74, 6) is -0.155. The second kappa shape index (κ2) is 4.45. The van der Waals surface area contributed by atoms with Gasteiger partial charge in [0.1, 0.15) is 5.76 Å². The van der Waals surface area contributed by atoms with Gasteiger partial charge in [-0.05, 0) is 24.3 Å². The van der Waals surface area contributed by atoms with Gasteiger partial charge in [0.15, 0.2) is 11.5 Å². The van der Waals surface area contributed by atoms with Crippen LogP contribution in [0.15, 0.2) is 46.0 Å². The molecule has 2 rings (SSSR count). The maximum absolute atomic E-state index is 11.3. The molecule has 1 aliphatic rings. The van der Waals surface area contributed by atoms with Gasteiger partial charge in [-0.15, -0.1) is 5.11 Å². The molecule has 0 unspecified atom stereocenters. The molecule has 0 aliphatic heterocycles. The maximum atomic E-state index is 11.3. The van der Waals surface area contributed by atoms with Crippen molar-refractivity contribution in [3.8, 4) is 0 Å². The average molecular weight is 237 g/mol. The lowest BCUT2D eigenvalue weighted by molar-refractivity contribution is -0.114. The first kappa shape index (κ1) is 10.8. The number of ketones is 1. The topological polar surface area (TPSA) is 62.0 Å². The number of hydrogen-bond acceptors (Lipinski definition) is 4. The summed E-state index contributed by atoms with van der Waals surface area (Å²) >= 11 is 5.71. The lowest BCUT2D eigenvalue weighted by atomic mass is 10.3. The van der Waals surface area contributed by atoms with E-state index in [9.17, 15) is 9.90 Å². The number of Topliss-reactive ketones (excluding diaryl/α,β-unsaturated/α-hetero) is 1. The van der Waals surface area contributed by atoms with E-state index in [0.717, 1.165) is 0 Å². The van der Waals surface area contributed by atoms with E-state index in [1.807, 2.05) is 0 Å². The van der Waals surface area contributed by atoms with Gasteiger partial charge in [0.25, 0.3) is 0 Å². The molecule has 0 atom stereocenters. The minimum absolute atomic E-state index is 0.0164. The Morgan fingerprint density at radius 1 is 1.12 bits per heavy atom. The Hall–Kier alpha value is -1.68. The third-order valence-electron chi connectivity index (χ3n) is 2.22. The number of azo groups is 1. The summed E-state index contributed by atoms with van der Waals surface area (Å²) in [6, 6.07) is 6.73. The fourth-order valence-corrected chi connectivity index (χ4v) is 1.48. The number of nitrogens with zero attached hydrogens (tertiary/aromatic N) is 2. The van der Waals surface area contributed by atoms with Crippen molar-refractivity contribution in [2.24, 2.45) is 10.2 Å². The molecule has 16 heavy (non-hydrogen) atoms. The van der Waals surface area contributed by atoms with Crippen LogP contribution in [-0.4, -0.2) is 10.9 Å². The minimum Gasteiger partial charge on any atom is -0.510 e. The van der Waals surface area contributed by atoms with Crippen LogP contribution < -0.4 is 0 Å². The number of halogens is 1. The number of benzene rings is 1. The second-order valence-electron chi connectivity index (χ2n) is 3.39. The lowest BCUT2D eigenvalue weighted by Crippen LogP contribution is -1.92. The third kappa shape index (κ3) is 2.28. The molecule has 82 valence electrons. The van der Waals surface area contributed by atoms with Crippen molar-refractivity contribution in [1.29, 1.82) is 0 Å². The molecule has 1 aliphatic carbocycles. The van der Waals surface area contributed by atoms with E-state index in [1.54, 1.807) is 24.3 Å². The first-order valence-corrected chi connectivity index (χ1v) is 5.17. The van der Waals surface area contributed by atoms with E-state index in [2.05, 4.69) is 10.2 Å². The number of hydrogen-bond donors (Lipinski definition) is 1. The van der Waals surface area contributed by atoms with Crippen LogP contribution >= 0.6 is 11.6 Å². The van der Waals surface area contributed by atoms with Crippen molar-refractivity contribution in [1.82, 2.24) is 0 Å². The van der Waals surface area contributed by atoms with Gasteiger partial charge in [-0.2, -0.15) is 5.11 Å². The summed E-state index contributed by atoms with van der Waals surface area (Å²) < 4.78 is 0. The molecule has 1 aromatic carbocycles. The van der Waals surface area contributed by atoms with E-state index in [0.29, 0.717) is 23.6 Å². The van der Waals surface area contributed by atoms with E-state index in [4.69, 9.17) is 11.6 Å². The molecule has 0 saturated carbocycles. The van der Waals surface area contributed by atoms with Crippen molar-refractivity contribution in [3.05, 3.63) is 40.7 Å². The zero-order chi connectivity index (χ0) is 11.5. The fraction of sp³-hybridized carbons (Fsp3) is 0.182. The number of carbonyl (C=O) groups is 1. The van der Waals surface area contributed by atoms with Gasteiger partial charge >= 0.3 is 0 Å². The van der Waals surface area contributed by atoms with Crippen LogP contribution in [0.5, 0.6) is 0 Å². The molecule has 0 amide bonds. The summed E-state index contributed by atoms with van der Waals surface area (Å²) in [5, 5.41) is 17.6. The summed E-state index contributed by atoms with van der Waals surface area (Å²) in [6.45, 7) is 0. The molecule has 0 heterocycles. The predicted octanol–water partition coefficient (Wildman–Crippen LogP) is 3.56. The zero-order valence-corrected chi connectivity index (χ0v) is 9.11. The number of aliphatic hydroxyl groups excluding tert-OH is 1. The molecule has 0 radical (unpaired) electrons. The molecule has 0 aromatic heterocycles. The molecule has 1 aromatic rings. The Morgan fingerprint density at radius 2 is 1.81 bits per heavy atom. The van der Waals surface area contributed by atoms with Gasteiger partial charge in [-0.25, -0.2) is 0 Å². The average Bonchev–Trinajstić information content (AvgIpc) is 2.59. The summed E-state index contributed by atoms with van der Waals surface area (Å²) in [5.41, 5.74) is 0.652. The van der Waals surface area contributed by atoms with E-state index in [-0.39, 0.29) is 17.2 Å². The number of carbonyl (C=O) groups excluding carboxylic acids is 1. The molecule has 0 spiro atoms. The molecule has 4 nitrogen and oxygen atoms in total. The van der Waals surface area contributed by atoms with Crippen molar-refractivity contribution in [3.63, 3.8) is 0 Å². The Labute approximate surface area is 97.3 Å². The van der Waals surface area contributed by atoms with Crippen molar-refractivity contribution in [2.75, 3.05) is 0 Å². The highest BCUT2D eigenvalue weighted by Gasteiger charge is 2.22. The second-order valence-corrected chi connectivity index (χ2v) is 3.83. The quantitative estimate of drug-likeness (QED) is 0.798. The fourth-order valence-electron chi connectivity index (χ4n) is 1.36. The number of aliphatic hydroxyl groups is 1. The predicted molar refractivity (Wildman–Crippen MR) is 59.9 cm³/mol. The Kier molecular flexibility index (Phi) is 3.01. The van der Waals surface area contributed by atoms with Crippen LogP contribution in [0.2, 0.25) is 5.02 Å². The summed E-state index contributed by atoms with van der Waals surface area (Å²) in [7, 11) is 0. The zero-order valence-electron chi connectivity index (χ0n) is 8.35. The Bertz CT molecular complexity index is 477. The minimum atomic E-state index is -0.171. The SMILES string of the molecule is O=C1CCC(O)=C1N=Nc1ccc(Cl)cc1. The van der Waals surface area contributed by atoms with Crippen LogP contribution in [0.1, 0.15) is 12.8 Å². The molecule has 0 bridgehead atoms. The van der Waals surface area contributed by atoms with Crippen molar-refractivity contribution < 1.29 is 9.90 Å². The lowest BCUT2D eigenvalue weighted by Gasteiger charge is -1.93. The molecule has 1 N–H and O–H groups in total. The maximum Gasteiger partial charge on any atom is 0.186 e. The first-order chi connectivity index (χ1) is 7.66. The van der Waals surface area contributed by atoms with Crippen LogP contribution in [0.3, 0.4) is 0 Å². The molecular weight excluding hydrogens is 228 g/mol. The van der Waals surface area contributed by atoms with Gasteiger partial charge in [0.2, 0.25) is 0 Å². The van der Waals surface area contributed by atoms with Gasteiger partial charge in [0, 0.05) is 17.9 Å². The normalized spacial score (nSPS) is 16.4. The molecule has 5 heteroatoms. The summed E-state index contributed by atoms with van der Waals surface area (Å²) in [4.78, 5) is 11.3. The van der Waals surface area contributed by atoms with Gasteiger partial charge in [-0.1, -0.05) is 11.6 Å². The monoisotopic (exact) mass is 236 g/mol. The highest BCUT2D eigenvalue weighted by molar-refractivity contribution is 6.30. The van der Waals surface area contributed by atoms with E-state index >= 15 is 0 Å². The standard InChI is InChI=1S/C11H9ClN2O2/c12-7-1-3-8(4-2-7)13-14-11-9(15)5-6-10(11)16/h1-4,15H,5-6H2. The van der Waals surface area contributed by atoms with Crippen molar-refractivity contribution >= 4 is 23.1 Å².